The first kappa shape index (κ1) is 16.4. The molecule has 6 heteroatoms. The highest BCUT2D eigenvalue weighted by Crippen LogP contribution is 2.45. The second-order valence-corrected chi connectivity index (χ2v) is 7.11. The standard InChI is InChI=1S/C16H26O6/c1-6-7-9(17)11-12(10-8-18-15(2,3)20-10)19-14-13(11)21-16(4,5)22-14/h6,9-14,17H,1,7-8H2,2-5H3/t9-,10-,11-,12-,13-,14-/m1/s1. The molecular formula is C16H26O6. The molecule has 0 bridgehead atoms. The average molecular weight is 314 g/mol. The average Bonchev–Trinajstić information content (AvgIpc) is 2.98. The van der Waals surface area contributed by atoms with Crippen LogP contribution in [-0.4, -0.2) is 54.0 Å². The quantitative estimate of drug-likeness (QED) is 0.795. The zero-order valence-corrected chi connectivity index (χ0v) is 13.7. The van der Waals surface area contributed by atoms with E-state index in [1.807, 2.05) is 27.7 Å². The van der Waals surface area contributed by atoms with Gasteiger partial charge in [-0.1, -0.05) is 6.08 Å². The Kier molecular flexibility index (Phi) is 4.12. The molecule has 3 aliphatic rings. The number of hydrogen-bond acceptors (Lipinski definition) is 6. The van der Waals surface area contributed by atoms with E-state index in [1.165, 1.54) is 0 Å². The molecule has 3 fully saturated rings. The largest absolute Gasteiger partial charge is 0.392 e. The van der Waals surface area contributed by atoms with Crippen LogP contribution in [0.1, 0.15) is 34.1 Å². The van der Waals surface area contributed by atoms with Crippen molar-refractivity contribution in [2.75, 3.05) is 6.61 Å². The molecule has 0 aliphatic carbocycles. The summed E-state index contributed by atoms with van der Waals surface area (Å²) in [5.41, 5.74) is 0. The van der Waals surface area contributed by atoms with Crippen molar-refractivity contribution in [3.63, 3.8) is 0 Å². The fraction of sp³-hybridized carbons (Fsp3) is 0.875. The monoisotopic (exact) mass is 314 g/mol. The van der Waals surface area contributed by atoms with Gasteiger partial charge in [-0.2, -0.15) is 0 Å². The van der Waals surface area contributed by atoms with Crippen LogP contribution in [0, 0.1) is 5.92 Å². The van der Waals surface area contributed by atoms with Gasteiger partial charge in [-0.05, 0) is 34.1 Å². The van der Waals surface area contributed by atoms with E-state index in [1.54, 1.807) is 6.08 Å². The van der Waals surface area contributed by atoms with Crippen molar-refractivity contribution in [3.8, 4) is 0 Å². The van der Waals surface area contributed by atoms with Crippen molar-refractivity contribution in [2.24, 2.45) is 5.92 Å². The van der Waals surface area contributed by atoms with Gasteiger partial charge in [0.15, 0.2) is 17.9 Å². The number of aliphatic hydroxyl groups is 1. The second kappa shape index (κ2) is 5.54. The van der Waals surface area contributed by atoms with E-state index in [2.05, 4.69) is 6.58 Å². The fourth-order valence-electron chi connectivity index (χ4n) is 3.53. The molecule has 0 amide bonds. The lowest BCUT2D eigenvalue weighted by atomic mass is 9.87. The zero-order chi connectivity index (χ0) is 16.1. The van der Waals surface area contributed by atoms with Crippen molar-refractivity contribution in [2.45, 2.75) is 76.4 Å². The predicted octanol–water partition coefficient (Wildman–Crippen LogP) is 1.57. The topological polar surface area (TPSA) is 66.4 Å². The van der Waals surface area contributed by atoms with Crippen molar-refractivity contribution in [1.82, 2.24) is 0 Å². The third kappa shape index (κ3) is 2.96. The lowest BCUT2D eigenvalue weighted by Gasteiger charge is -2.31. The first-order valence-corrected chi connectivity index (χ1v) is 7.84. The molecule has 0 spiro atoms. The third-order valence-electron chi connectivity index (χ3n) is 4.39. The molecule has 0 aromatic rings. The van der Waals surface area contributed by atoms with Crippen LogP contribution in [0.25, 0.3) is 0 Å². The summed E-state index contributed by atoms with van der Waals surface area (Å²) in [6.45, 7) is 11.6. The highest BCUT2D eigenvalue weighted by molar-refractivity contribution is 5.01. The fourth-order valence-corrected chi connectivity index (χ4v) is 3.53. The van der Waals surface area contributed by atoms with Gasteiger partial charge in [0, 0.05) is 5.92 Å². The molecule has 0 saturated carbocycles. The maximum atomic E-state index is 10.5. The van der Waals surface area contributed by atoms with Crippen LogP contribution in [0.5, 0.6) is 0 Å². The SMILES string of the molecule is C=CC[C@@H](O)[C@H]1[C@H]2OC(C)(C)O[C@H]2O[C@@H]1[C@H]1COC(C)(C)O1. The molecule has 3 aliphatic heterocycles. The lowest BCUT2D eigenvalue weighted by Crippen LogP contribution is -2.44. The maximum absolute atomic E-state index is 10.5. The Morgan fingerprint density at radius 1 is 1.14 bits per heavy atom. The normalized spacial score (nSPS) is 44.0. The number of rotatable bonds is 4. The van der Waals surface area contributed by atoms with Crippen LogP contribution in [-0.2, 0) is 23.7 Å². The summed E-state index contributed by atoms with van der Waals surface area (Å²) >= 11 is 0. The first-order chi connectivity index (χ1) is 10.2. The molecule has 3 saturated heterocycles. The van der Waals surface area contributed by atoms with Gasteiger partial charge in [-0.15, -0.1) is 6.58 Å². The van der Waals surface area contributed by atoms with Crippen LogP contribution in [0.15, 0.2) is 12.7 Å². The van der Waals surface area contributed by atoms with E-state index in [4.69, 9.17) is 23.7 Å². The molecule has 0 radical (unpaired) electrons. The van der Waals surface area contributed by atoms with Crippen LogP contribution in [0.2, 0.25) is 0 Å². The van der Waals surface area contributed by atoms with E-state index in [9.17, 15) is 5.11 Å². The summed E-state index contributed by atoms with van der Waals surface area (Å²) in [6.07, 6.45) is 0.157. The zero-order valence-electron chi connectivity index (χ0n) is 13.7. The minimum atomic E-state index is -0.710. The van der Waals surface area contributed by atoms with Crippen molar-refractivity contribution >= 4 is 0 Å². The number of hydrogen-bond donors (Lipinski definition) is 1. The Morgan fingerprint density at radius 3 is 2.45 bits per heavy atom. The summed E-state index contributed by atoms with van der Waals surface area (Å²) in [5.74, 6) is -1.59. The molecule has 0 aromatic carbocycles. The van der Waals surface area contributed by atoms with E-state index in [-0.39, 0.29) is 24.2 Å². The van der Waals surface area contributed by atoms with Gasteiger partial charge >= 0.3 is 0 Å². The molecule has 126 valence electrons. The summed E-state index contributed by atoms with van der Waals surface area (Å²) in [5, 5.41) is 10.5. The summed E-state index contributed by atoms with van der Waals surface area (Å²) < 4.78 is 29.3. The highest BCUT2D eigenvalue weighted by atomic mass is 16.8. The highest BCUT2D eigenvalue weighted by Gasteiger charge is 2.59. The van der Waals surface area contributed by atoms with Crippen molar-refractivity contribution in [1.29, 1.82) is 0 Å². The third-order valence-corrected chi connectivity index (χ3v) is 4.39. The molecule has 6 atom stereocenters. The Balaban J connectivity index is 1.79. The lowest BCUT2D eigenvalue weighted by molar-refractivity contribution is -0.231. The van der Waals surface area contributed by atoms with E-state index in [0.717, 1.165) is 0 Å². The summed E-state index contributed by atoms with van der Waals surface area (Å²) in [4.78, 5) is 0. The predicted molar refractivity (Wildman–Crippen MR) is 77.9 cm³/mol. The van der Waals surface area contributed by atoms with E-state index < -0.39 is 24.0 Å². The number of fused-ring (bicyclic) bond motifs is 1. The molecule has 22 heavy (non-hydrogen) atoms. The van der Waals surface area contributed by atoms with Crippen molar-refractivity contribution < 1.29 is 28.8 Å². The van der Waals surface area contributed by atoms with Crippen LogP contribution in [0.4, 0.5) is 0 Å². The van der Waals surface area contributed by atoms with E-state index >= 15 is 0 Å². The number of aliphatic hydroxyl groups excluding tert-OH is 1. The molecular weight excluding hydrogens is 288 g/mol. The number of ether oxygens (including phenoxy) is 5. The van der Waals surface area contributed by atoms with Gasteiger partial charge < -0.3 is 28.8 Å². The summed E-state index contributed by atoms with van der Waals surface area (Å²) in [6, 6.07) is 0. The molecule has 0 aromatic heterocycles. The molecule has 3 heterocycles. The van der Waals surface area contributed by atoms with Gasteiger partial charge in [-0.25, -0.2) is 0 Å². The Labute approximate surface area is 131 Å². The second-order valence-electron chi connectivity index (χ2n) is 7.11. The Bertz CT molecular complexity index is 434. The van der Waals surface area contributed by atoms with Crippen LogP contribution >= 0.6 is 0 Å². The van der Waals surface area contributed by atoms with Gasteiger partial charge in [0.2, 0.25) is 0 Å². The Hall–Kier alpha value is -0.500. The molecule has 0 unspecified atom stereocenters. The maximum Gasteiger partial charge on any atom is 0.188 e. The van der Waals surface area contributed by atoms with Gasteiger partial charge in [-0.3, -0.25) is 0 Å². The van der Waals surface area contributed by atoms with Crippen molar-refractivity contribution in [3.05, 3.63) is 12.7 Å². The molecule has 3 rings (SSSR count). The van der Waals surface area contributed by atoms with Crippen LogP contribution < -0.4 is 0 Å². The van der Waals surface area contributed by atoms with Crippen LogP contribution in [0.3, 0.4) is 0 Å². The van der Waals surface area contributed by atoms with E-state index in [0.29, 0.717) is 13.0 Å². The minimum absolute atomic E-state index is 0.243. The van der Waals surface area contributed by atoms with Gasteiger partial charge in [0.05, 0.1) is 18.8 Å². The Morgan fingerprint density at radius 2 is 1.86 bits per heavy atom. The minimum Gasteiger partial charge on any atom is -0.392 e. The molecule has 1 N–H and O–H groups in total. The first-order valence-electron chi connectivity index (χ1n) is 7.84. The van der Waals surface area contributed by atoms with Gasteiger partial charge in [0.25, 0.3) is 0 Å². The molecule has 6 nitrogen and oxygen atoms in total. The van der Waals surface area contributed by atoms with Gasteiger partial charge in [0.1, 0.15) is 12.2 Å². The smallest absolute Gasteiger partial charge is 0.188 e. The summed E-state index contributed by atoms with van der Waals surface area (Å²) in [7, 11) is 0.